The van der Waals surface area contributed by atoms with Crippen molar-refractivity contribution >= 4 is 26.7 Å². The molecule has 0 unspecified atom stereocenters. The molecule has 3 aromatic rings. The normalized spacial score (nSPS) is 16.9. The highest BCUT2D eigenvalue weighted by Gasteiger charge is 2.52. The number of carbonyl (C=O) groups is 1. The first-order valence-electron chi connectivity index (χ1n) is 14.4. The van der Waals surface area contributed by atoms with Gasteiger partial charge in [-0.3, -0.25) is 0 Å². The van der Waals surface area contributed by atoms with Crippen molar-refractivity contribution in [1.29, 1.82) is 0 Å². The molecule has 0 aromatic heterocycles. The summed E-state index contributed by atoms with van der Waals surface area (Å²) in [5, 5.41) is 2.96. The van der Waals surface area contributed by atoms with Gasteiger partial charge in [0.25, 0.3) is 0 Å². The van der Waals surface area contributed by atoms with Crippen LogP contribution in [-0.2, 0) is 20.6 Å². The van der Waals surface area contributed by atoms with E-state index in [1.54, 1.807) is 0 Å². The van der Waals surface area contributed by atoms with Gasteiger partial charge in [0, 0.05) is 18.0 Å². The standard InChI is InChI=1S/C34H40BNO4Si/c1-23-25(17-18-41(6,7)8)19-24(20-31(23)35-39-33(2,3)34(4,5)40-35)21-36-32(37)38-22-30-28-15-11-9-13-26(28)27-14-10-12-16-29(27)30/h9-16,19-20,30H,21-22H2,1-8H3,(H,36,37). The van der Waals surface area contributed by atoms with Crippen molar-refractivity contribution in [2.45, 2.75) is 77.9 Å². The molecular weight excluding hydrogens is 525 g/mol. The maximum absolute atomic E-state index is 12.9. The molecule has 0 radical (unpaired) electrons. The minimum absolute atomic E-state index is 0.0194. The Hall–Kier alpha value is -3.31. The maximum Gasteiger partial charge on any atom is 0.495 e. The van der Waals surface area contributed by atoms with E-state index >= 15 is 0 Å². The number of alkyl carbamates (subject to hydrolysis) is 1. The van der Waals surface area contributed by atoms with Crippen molar-refractivity contribution in [3.05, 3.63) is 88.5 Å². The summed E-state index contributed by atoms with van der Waals surface area (Å²) in [4.78, 5) is 12.9. The second-order valence-corrected chi connectivity index (χ2v) is 17.9. The Balaban J connectivity index is 1.33. The molecule has 1 amide bonds. The van der Waals surface area contributed by atoms with Gasteiger partial charge in [-0.25, -0.2) is 4.79 Å². The Kier molecular flexibility index (Phi) is 7.71. The van der Waals surface area contributed by atoms with Gasteiger partial charge in [0.2, 0.25) is 0 Å². The molecule has 212 valence electrons. The first-order chi connectivity index (χ1) is 19.3. The van der Waals surface area contributed by atoms with Crippen molar-refractivity contribution in [2.24, 2.45) is 0 Å². The SMILES string of the molecule is Cc1c(C#C[Si](C)(C)C)cc(CNC(=O)OCC2c3ccccc3-c3ccccc32)cc1B1OC(C)(C)C(C)(C)O1. The minimum atomic E-state index is -1.60. The van der Waals surface area contributed by atoms with Gasteiger partial charge in [0.15, 0.2) is 0 Å². The number of ether oxygens (including phenoxy) is 1. The van der Waals surface area contributed by atoms with Crippen molar-refractivity contribution in [3.8, 4) is 22.6 Å². The van der Waals surface area contributed by atoms with Crippen LogP contribution in [0.4, 0.5) is 4.79 Å². The van der Waals surface area contributed by atoms with Gasteiger partial charge < -0.3 is 19.4 Å². The van der Waals surface area contributed by atoms with E-state index < -0.39 is 32.5 Å². The quantitative estimate of drug-likeness (QED) is 0.281. The molecule has 1 aliphatic heterocycles. The summed E-state index contributed by atoms with van der Waals surface area (Å²) in [6.45, 7) is 17.6. The molecule has 1 heterocycles. The predicted molar refractivity (Wildman–Crippen MR) is 169 cm³/mol. The number of hydrogen-bond donors (Lipinski definition) is 1. The van der Waals surface area contributed by atoms with Crippen LogP contribution >= 0.6 is 0 Å². The third-order valence-electron chi connectivity index (χ3n) is 8.37. The first-order valence-corrected chi connectivity index (χ1v) is 17.9. The zero-order valence-electron chi connectivity index (χ0n) is 25.5. The van der Waals surface area contributed by atoms with E-state index in [2.05, 4.69) is 107 Å². The fraction of sp³-hybridized carbons (Fsp3) is 0.382. The fourth-order valence-corrected chi connectivity index (χ4v) is 5.83. The van der Waals surface area contributed by atoms with Crippen LogP contribution in [0.15, 0.2) is 60.7 Å². The second-order valence-electron chi connectivity index (χ2n) is 13.1. The Bertz CT molecular complexity index is 1480. The lowest BCUT2D eigenvalue weighted by atomic mass is 9.74. The Morgan fingerprint density at radius 3 is 2.07 bits per heavy atom. The minimum Gasteiger partial charge on any atom is -0.449 e. The first kappa shape index (κ1) is 29.2. The highest BCUT2D eigenvalue weighted by atomic mass is 28.3. The van der Waals surface area contributed by atoms with E-state index in [0.717, 1.165) is 22.2 Å². The van der Waals surface area contributed by atoms with Gasteiger partial charge >= 0.3 is 13.2 Å². The highest BCUT2D eigenvalue weighted by molar-refractivity contribution is 6.83. The topological polar surface area (TPSA) is 56.8 Å². The summed E-state index contributed by atoms with van der Waals surface area (Å²) in [7, 11) is -2.11. The molecule has 41 heavy (non-hydrogen) atoms. The summed E-state index contributed by atoms with van der Waals surface area (Å²) in [6, 6.07) is 20.8. The maximum atomic E-state index is 12.9. The molecule has 1 aliphatic carbocycles. The van der Waals surface area contributed by atoms with Crippen molar-refractivity contribution in [1.82, 2.24) is 5.32 Å². The zero-order chi connectivity index (χ0) is 29.6. The van der Waals surface area contributed by atoms with Crippen LogP contribution in [0.25, 0.3) is 11.1 Å². The van der Waals surface area contributed by atoms with Crippen LogP contribution in [0.5, 0.6) is 0 Å². The monoisotopic (exact) mass is 565 g/mol. The van der Waals surface area contributed by atoms with Crippen LogP contribution in [0.1, 0.15) is 61.4 Å². The number of benzene rings is 3. The van der Waals surface area contributed by atoms with Crippen LogP contribution in [0.2, 0.25) is 19.6 Å². The number of rotatable bonds is 5. The molecule has 1 N–H and O–H groups in total. The van der Waals surface area contributed by atoms with Gasteiger partial charge in [-0.2, -0.15) is 0 Å². The van der Waals surface area contributed by atoms with Gasteiger partial charge in [-0.1, -0.05) is 80.2 Å². The molecule has 1 fully saturated rings. The third kappa shape index (κ3) is 6.01. The molecule has 5 rings (SSSR count). The van der Waals surface area contributed by atoms with Crippen molar-refractivity contribution < 1.29 is 18.8 Å². The van der Waals surface area contributed by atoms with E-state index in [-0.39, 0.29) is 12.5 Å². The molecule has 1 saturated heterocycles. The summed E-state index contributed by atoms with van der Waals surface area (Å²) in [6.07, 6.45) is -0.445. The lowest BCUT2D eigenvalue weighted by molar-refractivity contribution is 0.00578. The van der Waals surface area contributed by atoms with Gasteiger partial charge in [-0.05, 0) is 79.5 Å². The summed E-state index contributed by atoms with van der Waals surface area (Å²) < 4.78 is 18.6. The van der Waals surface area contributed by atoms with E-state index in [1.165, 1.54) is 22.3 Å². The average Bonchev–Trinajstić information content (AvgIpc) is 3.34. The van der Waals surface area contributed by atoms with Crippen LogP contribution in [0.3, 0.4) is 0 Å². The zero-order valence-corrected chi connectivity index (χ0v) is 26.5. The Morgan fingerprint density at radius 1 is 0.951 bits per heavy atom. The number of amides is 1. The lowest BCUT2D eigenvalue weighted by Gasteiger charge is -2.32. The fourth-order valence-electron chi connectivity index (χ4n) is 5.32. The Labute approximate surface area is 246 Å². The molecule has 7 heteroatoms. The van der Waals surface area contributed by atoms with Crippen LogP contribution in [-0.4, -0.2) is 39.1 Å². The molecule has 0 bridgehead atoms. The van der Waals surface area contributed by atoms with Crippen molar-refractivity contribution in [3.63, 3.8) is 0 Å². The predicted octanol–water partition coefficient (Wildman–Crippen LogP) is 6.56. The average molecular weight is 566 g/mol. The van der Waals surface area contributed by atoms with E-state index in [4.69, 9.17) is 14.0 Å². The van der Waals surface area contributed by atoms with Crippen LogP contribution < -0.4 is 10.8 Å². The van der Waals surface area contributed by atoms with Gasteiger partial charge in [0.05, 0.1) is 11.2 Å². The molecular formula is C34H40BNO4Si. The van der Waals surface area contributed by atoms with Crippen molar-refractivity contribution in [2.75, 3.05) is 6.61 Å². The largest absolute Gasteiger partial charge is 0.495 e. The second kappa shape index (κ2) is 10.8. The smallest absolute Gasteiger partial charge is 0.449 e. The van der Waals surface area contributed by atoms with E-state index in [1.807, 2.05) is 24.3 Å². The number of fused-ring (bicyclic) bond motifs is 3. The number of nitrogens with one attached hydrogen (secondary N) is 1. The molecule has 0 atom stereocenters. The van der Waals surface area contributed by atoms with Gasteiger partial charge in [-0.15, -0.1) is 5.54 Å². The van der Waals surface area contributed by atoms with E-state index in [0.29, 0.717) is 6.54 Å². The van der Waals surface area contributed by atoms with Gasteiger partial charge in [0.1, 0.15) is 14.7 Å². The summed E-state index contributed by atoms with van der Waals surface area (Å²) in [5.41, 5.74) is 11.2. The summed E-state index contributed by atoms with van der Waals surface area (Å²) in [5.74, 6) is 3.44. The molecule has 0 saturated carbocycles. The molecule has 3 aromatic carbocycles. The molecule has 5 nitrogen and oxygen atoms in total. The third-order valence-corrected chi connectivity index (χ3v) is 9.24. The number of hydrogen-bond acceptors (Lipinski definition) is 4. The van der Waals surface area contributed by atoms with Crippen LogP contribution in [0, 0.1) is 18.4 Å². The Morgan fingerprint density at radius 2 is 1.51 bits per heavy atom. The number of carbonyl (C=O) groups excluding carboxylic acids is 1. The van der Waals surface area contributed by atoms with E-state index in [9.17, 15) is 4.79 Å². The summed E-state index contributed by atoms with van der Waals surface area (Å²) >= 11 is 0. The molecule has 0 spiro atoms. The lowest BCUT2D eigenvalue weighted by Crippen LogP contribution is -2.41. The highest BCUT2D eigenvalue weighted by Crippen LogP contribution is 2.44. The molecule has 2 aliphatic rings.